The molecule has 86 valence electrons. The number of benzene rings is 1. The molecule has 1 aromatic rings. The lowest BCUT2D eigenvalue weighted by atomic mass is 10.2. The molecule has 0 atom stereocenters. The fraction of sp³-hybridized carbons (Fsp3) is 0.250. The minimum atomic E-state index is -1.03. The van der Waals surface area contributed by atoms with Gasteiger partial charge in [0.2, 0.25) is 0 Å². The normalized spacial score (nSPS) is 10.4. The molecule has 1 N–H and O–H groups in total. The Kier molecular flexibility index (Phi) is 4.39. The van der Waals surface area contributed by atoms with Crippen LogP contribution in [0.5, 0.6) is 11.5 Å². The van der Waals surface area contributed by atoms with Crippen LogP contribution in [0.15, 0.2) is 30.4 Å². The first-order valence-corrected chi connectivity index (χ1v) is 4.85. The molecule has 0 aliphatic rings. The van der Waals surface area contributed by atoms with Crippen molar-refractivity contribution in [2.24, 2.45) is 0 Å². The second-order valence-electron chi connectivity index (χ2n) is 3.02. The van der Waals surface area contributed by atoms with Crippen LogP contribution in [0.4, 0.5) is 0 Å². The van der Waals surface area contributed by atoms with Crippen LogP contribution in [-0.4, -0.2) is 24.8 Å². The van der Waals surface area contributed by atoms with E-state index >= 15 is 0 Å². The van der Waals surface area contributed by atoms with Crippen LogP contribution in [0.25, 0.3) is 0 Å². The maximum Gasteiger partial charge on any atom is 0.339 e. The number of carboxylic acid groups (broad SMARTS) is 1. The molecule has 0 unspecified atom stereocenters. The third-order valence-electron chi connectivity index (χ3n) is 1.99. The minimum absolute atomic E-state index is 0.101. The van der Waals surface area contributed by atoms with Crippen molar-refractivity contribution in [1.29, 1.82) is 0 Å². The van der Waals surface area contributed by atoms with E-state index in [1.807, 2.05) is 13.0 Å². The molecule has 0 heterocycles. The van der Waals surface area contributed by atoms with Gasteiger partial charge in [-0.15, -0.1) is 0 Å². The van der Waals surface area contributed by atoms with Gasteiger partial charge in [0.25, 0.3) is 0 Å². The molecule has 0 aromatic heterocycles. The average molecular weight is 222 g/mol. The van der Waals surface area contributed by atoms with Crippen molar-refractivity contribution in [3.8, 4) is 11.5 Å². The van der Waals surface area contributed by atoms with Crippen molar-refractivity contribution in [3.05, 3.63) is 35.9 Å². The minimum Gasteiger partial charge on any atom is -0.493 e. The van der Waals surface area contributed by atoms with E-state index in [4.69, 9.17) is 14.6 Å². The lowest BCUT2D eigenvalue weighted by Gasteiger charge is -2.11. The van der Waals surface area contributed by atoms with Gasteiger partial charge in [-0.3, -0.25) is 0 Å². The van der Waals surface area contributed by atoms with Gasteiger partial charge >= 0.3 is 5.97 Å². The zero-order valence-corrected chi connectivity index (χ0v) is 9.27. The maximum atomic E-state index is 11.0. The van der Waals surface area contributed by atoms with E-state index in [0.717, 1.165) is 0 Å². The molecule has 0 aliphatic heterocycles. The van der Waals surface area contributed by atoms with Gasteiger partial charge in [-0.05, 0) is 19.1 Å². The molecule has 0 saturated carbocycles. The van der Waals surface area contributed by atoms with Crippen molar-refractivity contribution in [2.45, 2.75) is 6.92 Å². The van der Waals surface area contributed by atoms with Gasteiger partial charge in [0.15, 0.2) is 11.5 Å². The summed E-state index contributed by atoms with van der Waals surface area (Å²) in [6.45, 7) is 2.18. The number of rotatable bonds is 5. The Bertz CT molecular complexity index is 396. The molecule has 0 bridgehead atoms. The topological polar surface area (TPSA) is 55.8 Å². The lowest BCUT2D eigenvalue weighted by molar-refractivity contribution is 0.0692. The summed E-state index contributed by atoms with van der Waals surface area (Å²) in [7, 11) is 1.48. The highest BCUT2D eigenvalue weighted by Gasteiger charge is 2.15. The Morgan fingerprint density at radius 3 is 2.81 bits per heavy atom. The number of allylic oxidation sites excluding steroid dienone is 1. The van der Waals surface area contributed by atoms with E-state index in [-0.39, 0.29) is 11.3 Å². The Balaban J connectivity index is 3.04. The highest BCUT2D eigenvalue weighted by atomic mass is 16.5. The Labute approximate surface area is 94.1 Å². The van der Waals surface area contributed by atoms with Gasteiger partial charge in [-0.1, -0.05) is 18.2 Å². The Hall–Kier alpha value is -1.97. The number of carbonyl (C=O) groups is 1. The number of hydrogen-bond acceptors (Lipinski definition) is 3. The quantitative estimate of drug-likeness (QED) is 0.777. The molecule has 0 radical (unpaired) electrons. The van der Waals surface area contributed by atoms with E-state index in [9.17, 15) is 4.79 Å². The van der Waals surface area contributed by atoms with E-state index in [1.165, 1.54) is 13.2 Å². The molecule has 0 spiro atoms. The average Bonchev–Trinajstić information content (AvgIpc) is 2.29. The summed E-state index contributed by atoms with van der Waals surface area (Å²) in [4.78, 5) is 11.0. The van der Waals surface area contributed by atoms with Gasteiger partial charge < -0.3 is 14.6 Å². The zero-order valence-electron chi connectivity index (χ0n) is 9.27. The highest BCUT2D eigenvalue weighted by molar-refractivity contribution is 5.92. The lowest BCUT2D eigenvalue weighted by Crippen LogP contribution is -2.04. The van der Waals surface area contributed by atoms with Crippen LogP contribution in [0, 0.1) is 0 Å². The monoisotopic (exact) mass is 222 g/mol. The summed E-state index contributed by atoms with van der Waals surface area (Å²) >= 11 is 0. The standard InChI is InChI=1S/C12H14O4/c1-3-4-8-16-11-9(12(13)14)6-5-7-10(11)15-2/h3-7H,8H2,1-2H3,(H,13,14)/b4-3+. The second kappa shape index (κ2) is 5.80. The van der Waals surface area contributed by atoms with Crippen molar-refractivity contribution in [3.63, 3.8) is 0 Å². The first-order chi connectivity index (χ1) is 7.70. The third kappa shape index (κ3) is 2.76. The molecule has 4 nitrogen and oxygen atoms in total. The molecule has 0 fully saturated rings. The number of ether oxygens (including phenoxy) is 2. The van der Waals surface area contributed by atoms with E-state index in [0.29, 0.717) is 12.4 Å². The summed E-state index contributed by atoms with van der Waals surface area (Å²) in [5.74, 6) is -0.352. The Morgan fingerprint density at radius 1 is 1.50 bits per heavy atom. The predicted octanol–water partition coefficient (Wildman–Crippen LogP) is 2.35. The van der Waals surface area contributed by atoms with Crippen molar-refractivity contribution in [1.82, 2.24) is 0 Å². The number of methoxy groups -OCH3 is 1. The van der Waals surface area contributed by atoms with Crippen LogP contribution in [-0.2, 0) is 0 Å². The first kappa shape index (κ1) is 12.1. The fourth-order valence-electron chi connectivity index (χ4n) is 1.22. The third-order valence-corrected chi connectivity index (χ3v) is 1.99. The van der Waals surface area contributed by atoms with Crippen LogP contribution in [0.3, 0.4) is 0 Å². The molecule has 4 heteroatoms. The van der Waals surface area contributed by atoms with Crippen LogP contribution in [0.1, 0.15) is 17.3 Å². The Morgan fingerprint density at radius 2 is 2.25 bits per heavy atom. The van der Waals surface area contributed by atoms with Crippen molar-refractivity contribution in [2.75, 3.05) is 13.7 Å². The molecular formula is C12H14O4. The van der Waals surface area contributed by atoms with Gasteiger partial charge in [-0.2, -0.15) is 0 Å². The van der Waals surface area contributed by atoms with E-state index in [1.54, 1.807) is 18.2 Å². The summed E-state index contributed by atoms with van der Waals surface area (Å²) in [6, 6.07) is 4.76. The van der Waals surface area contributed by atoms with Gasteiger partial charge in [0.05, 0.1) is 7.11 Å². The van der Waals surface area contributed by atoms with Gasteiger partial charge in [0, 0.05) is 0 Å². The summed E-state index contributed by atoms with van der Waals surface area (Å²) in [5.41, 5.74) is 0.101. The molecule has 1 rings (SSSR count). The second-order valence-corrected chi connectivity index (χ2v) is 3.02. The van der Waals surface area contributed by atoms with Gasteiger partial charge in [0.1, 0.15) is 12.2 Å². The molecular weight excluding hydrogens is 208 g/mol. The highest BCUT2D eigenvalue weighted by Crippen LogP contribution is 2.30. The summed E-state index contributed by atoms with van der Waals surface area (Å²) in [5, 5.41) is 8.99. The molecule has 0 amide bonds. The number of hydrogen-bond donors (Lipinski definition) is 1. The van der Waals surface area contributed by atoms with Gasteiger partial charge in [-0.25, -0.2) is 4.79 Å². The van der Waals surface area contributed by atoms with Crippen LogP contribution >= 0.6 is 0 Å². The summed E-state index contributed by atoms with van der Waals surface area (Å²) in [6.07, 6.45) is 3.62. The number of aromatic carboxylic acids is 1. The smallest absolute Gasteiger partial charge is 0.339 e. The maximum absolute atomic E-state index is 11.0. The molecule has 1 aromatic carbocycles. The molecule has 0 aliphatic carbocycles. The number of para-hydroxylation sites is 1. The number of carboxylic acids is 1. The van der Waals surface area contributed by atoms with Crippen molar-refractivity contribution < 1.29 is 19.4 Å². The molecule has 0 saturated heterocycles. The van der Waals surface area contributed by atoms with E-state index in [2.05, 4.69) is 0 Å². The predicted molar refractivity (Wildman–Crippen MR) is 60.3 cm³/mol. The first-order valence-electron chi connectivity index (χ1n) is 4.85. The van der Waals surface area contributed by atoms with Crippen LogP contribution in [0.2, 0.25) is 0 Å². The summed E-state index contributed by atoms with van der Waals surface area (Å²) < 4.78 is 10.4. The molecule has 16 heavy (non-hydrogen) atoms. The largest absolute Gasteiger partial charge is 0.493 e. The van der Waals surface area contributed by atoms with Crippen molar-refractivity contribution >= 4 is 5.97 Å². The fourth-order valence-corrected chi connectivity index (χ4v) is 1.22. The SMILES string of the molecule is C/C=C/COc1c(OC)cccc1C(=O)O. The van der Waals surface area contributed by atoms with Crippen LogP contribution < -0.4 is 9.47 Å². The zero-order chi connectivity index (χ0) is 12.0. The van der Waals surface area contributed by atoms with E-state index < -0.39 is 5.97 Å².